The minimum absolute atomic E-state index is 0.0568. The van der Waals surface area contributed by atoms with E-state index in [1.54, 1.807) is 31.2 Å². The van der Waals surface area contributed by atoms with Crippen LogP contribution in [0.4, 0.5) is 4.79 Å². The molecule has 1 aromatic heterocycles. The van der Waals surface area contributed by atoms with E-state index in [4.69, 9.17) is 18.9 Å². The Bertz CT molecular complexity index is 1610. The van der Waals surface area contributed by atoms with Gasteiger partial charge in [-0.2, -0.15) is 5.10 Å². The van der Waals surface area contributed by atoms with E-state index in [0.717, 1.165) is 19.3 Å². The summed E-state index contributed by atoms with van der Waals surface area (Å²) in [5.74, 6) is -2.10. The van der Waals surface area contributed by atoms with Gasteiger partial charge in [0.05, 0.1) is 18.9 Å². The van der Waals surface area contributed by atoms with E-state index in [1.165, 1.54) is 25.4 Å². The molecule has 0 radical (unpaired) electrons. The molecule has 2 saturated heterocycles. The number of esters is 1. The Morgan fingerprint density at radius 3 is 2.30 bits per heavy atom. The number of carbonyl (C=O) groups is 6. The summed E-state index contributed by atoms with van der Waals surface area (Å²) >= 11 is 0. The monoisotopic (exact) mass is 753 g/mol. The van der Waals surface area contributed by atoms with Crippen molar-refractivity contribution in [2.75, 3.05) is 65.8 Å². The minimum atomic E-state index is -1.13. The summed E-state index contributed by atoms with van der Waals surface area (Å²) in [4.78, 5) is 83.2. The molecule has 5 rings (SSSR count). The molecule has 3 fully saturated rings. The molecule has 5 amide bonds. The van der Waals surface area contributed by atoms with Crippen LogP contribution >= 0.6 is 0 Å². The zero-order valence-corrected chi connectivity index (χ0v) is 31.0. The zero-order chi connectivity index (χ0) is 38.5. The van der Waals surface area contributed by atoms with Crippen molar-refractivity contribution >= 4 is 35.7 Å². The van der Waals surface area contributed by atoms with Crippen LogP contribution in [0.3, 0.4) is 0 Å². The maximum absolute atomic E-state index is 13.8. The van der Waals surface area contributed by atoms with Gasteiger partial charge in [0.15, 0.2) is 12.3 Å². The van der Waals surface area contributed by atoms with E-state index in [2.05, 4.69) is 15.7 Å². The van der Waals surface area contributed by atoms with Crippen molar-refractivity contribution in [1.29, 1.82) is 0 Å². The van der Waals surface area contributed by atoms with Crippen LogP contribution in [0.1, 0.15) is 69.3 Å². The van der Waals surface area contributed by atoms with Crippen LogP contribution in [0.5, 0.6) is 5.88 Å². The van der Waals surface area contributed by atoms with Gasteiger partial charge in [0.1, 0.15) is 18.7 Å². The van der Waals surface area contributed by atoms with Gasteiger partial charge in [-0.15, -0.1) is 0 Å². The summed E-state index contributed by atoms with van der Waals surface area (Å²) in [6, 6.07) is 8.74. The highest BCUT2D eigenvalue weighted by Gasteiger charge is 2.36. The molecular formula is C37H51N7O10. The second-order valence-electron chi connectivity index (χ2n) is 13.3. The van der Waals surface area contributed by atoms with E-state index >= 15 is 0 Å². The van der Waals surface area contributed by atoms with Crippen molar-refractivity contribution in [3.05, 3.63) is 42.1 Å². The van der Waals surface area contributed by atoms with Gasteiger partial charge in [-0.3, -0.25) is 24.0 Å². The molecule has 294 valence electrons. The first-order chi connectivity index (χ1) is 26.2. The summed E-state index contributed by atoms with van der Waals surface area (Å²) in [5, 5.41) is 10.3. The number of benzene rings is 1. The van der Waals surface area contributed by atoms with Gasteiger partial charge >= 0.3 is 12.1 Å². The smallest absolute Gasteiger partial charge is 0.409 e. The summed E-state index contributed by atoms with van der Waals surface area (Å²) in [6.45, 7) is 5.49. The quantitative estimate of drug-likeness (QED) is 0.177. The van der Waals surface area contributed by atoms with E-state index in [0.29, 0.717) is 31.7 Å². The zero-order valence-electron chi connectivity index (χ0n) is 31.0. The number of ether oxygens (including phenoxy) is 4. The second-order valence-corrected chi connectivity index (χ2v) is 13.3. The van der Waals surface area contributed by atoms with Crippen LogP contribution < -0.4 is 15.4 Å². The predicted molar refractivity (Wildman–Crippen MR) is 193 cm³/mol. The number of amides is 5. The molecule has 1 aliphatic carbocycles. The van der Waals surface area contributed by atoms with E-state index < -0.39 is 42.6 Å². The molecule has 17 heteroatoms. The molecule has 54 heavy (non-hydrogen) atoms. The van der Waals surface area contributed by atoms with Crippen LogP contribution in [0.25, 0.3) is 5.69 Å². The molecule has 0 spiro atoms. The first kappa shape index (κ1) is 40.0. The highest BCUT2D eigenvalue weighted by Crippen LogP contribution is 2.24. The Kier molecular flexibility index (Phi) is 14.6. The fourth-order valence-electron chi connectivity index (χ4n) is 6.47. The normalized spacial score (nSPS) is 17.7. The summed E-state index contributed by atoms with van der Waals surface area (Å²) in [6.07, 6.45) is 3.56. The van der Waals surface area contributed by atoms with Crippen molar-refractivity contribution in [3.8, 4) is 11.6 Å². The van der Waals surface area contributed by atoms with Gasteiger partial charge in [-0.1, -0.05) is 18.2 Å². The van der Waals surface area contributed by atoms with Gasteiger partial charge in [0.2, 0.25) is 17.7 Å². The summed E-state index contributed by atoms with van der Waals surface area (Å²) < 4.78 is 22.9. The van der Waals surface area contributed by atoms with Gasteiger partial charge in [-0.05, 0) is 64.5 Å². The predicted octanol–water partition coefficient (Wildman–Crippen LogP) is 1.67. The number of hydrogen-bond donors (Lipinski definition) is 2. The van der Waals surface area contributed by atoms with Gasteiger partial charge in [0, 0.05) is 57.9 Å². The molecule has 2 N–H and O–H groups in total. The Balaban J connectivity index is 1.28. The second kappa shape index (κ2) is 19.8. The SMILES string of the molecule is CCOCCOC(=O)CC[C@H](NC(=O)c1cc(OCC(=O)N2CCC[C@H]2C(=O)NC2CCC2)n(-c2ccccc2)n1)C(=O)N1CCN(C(=O)OCC)CC1. The van der Waals surface area contributed by atoms with Crippen LogP contribution in [0.2, 0.25) is 0 Å². The molecule has 1 aromatic carbocycles. The highest BCUT2D eigenvalue weighted by atomic mass is 16.6. The minimum Gasteiger partial charge on any atom is -0.467 e. The number of hydrogen-bond acceptors (Lipinski definition) is 11. The molecule has 1 saturated carbocycles. The lowest BCUT2D eigenvalue weighted by molar-refractivity contribution is -0.145. The van der Waals surface area contributed by atoms with Crippen molar-refractivity contribution in [3.63, 3.8) is 0 Å². The van der Waals surface area contributed by atoms with E-state index in [9.17, 15) is 28.8 Å². The third-order valence-electron chi connectivity index (χ3n) is 9.63. The van der Waals surface area contributed by atoms with Crippen molar-refractivity contribution in [2.45, 2.75) is 76.9 Å². The third kappa shape index (κ3) is 10.7. The number of aromatic nitrogens is 2. The molecule has 2 aliphatic heterocycles. The Morgan fingerprint density at radius 1 is 0.870 bits per heavy atom. The van der Waals surface area contributed by atoms with E-state index in [-0.39, 0.29) is 88.3 Å². The maximum atomic E-state index is 13.8. The van der Waals surface area contributed by atoms with Gasteiger partial charge in [0.25, 0.3) is 11.8 Å². The highest BCUT2D eigenvalue weighted by molar-refractivity contribution is 5.96. The lowest BCUT2D eigenvalue weighted by atomic mass is 9.93. The molecule has 3 aliphatic rings. The standard InChI is InChI=1S/C37H51N7O10/c1-3-51-22-23-53-33(46)16-15-28(36(49)41-18-20-42(21-19-41)37(50)52-4-2)39-34(47)29-24-32(44(40-29)27-12-6-5-7-13-27)54-25-31(45)43-17-9-14-30(43)35(48)38-26-10-8-11-26/h5-7,12-13,24,26,28,30H,3-4,8-11,14-23,25H2,1-2H3,(H,38,48)(H,39,47)/t28-,30-/m0/s1. The van der Waals surface area contributed by atoms with Crippen LogP contribution in [0.15, 0.2) is 36.4 Å². The average molecular weight is 754 g/mol. The molecule has 17 nitrogen and oxygen atoms in total. The number of para-hydroxylation sites is 1. The number of piperazine rings is 1. The molecule has 0 unspecified atom stereocenters. The van der Waals surface area contributed by atoms with Crippen LogP contribution in [-0.2, 0) is 33.4 Å². The number of nitrogens with one attached hydrogen (secondary N) is 2. The number of carbonyl (C=O) groups excluding carboxylic acids is 6. The van der Waals surface area contributed by atoms with Crippen LogP contribution in [0, 0.1) is 0 Å². The molecule has 2 aromatic rings. The van der Waals surface area contributed by atoms with Crippen molar-refractivity contribution in [1.82, 2.24) is 35.1 Å². The first-order valence-electron chi connectivity index (χ1n) is 18.8. The van der Waals surface area contributed by atoms with E-state index in [1.807, 2.05) is 13.0 Å². The van der Waals surface area contributed by atoms with Crippen molar-refractivity contribution in [2.24, 2.45) is 0 Å². The number of nitrogens with zero attached hydrogens (tertiary/aromatic N) is 5. The fraction of sp³-hybridized carbons (Fsp3) is 0.595. The Labute approximate surface area is 314 Å². The largest absolute Gasteiger partial charge is 0.467 e. The lowest BCUT2D eigenvalue weighted by Gasteiger charge is -2.35. The van der Waals surface area contributed by atoms with Crippen LogP contribution in [-0.4, -0.2) is 144 Å². The topological polar surface area (TPSA) is 191 Å². The molecule has 2 atom stereocenters. The van der Waals surface area contributed by atoms with Crippen molar-refractivity contribution < 1.29 is 47.7 Å². The number of rotatable bonds is 17. The Morgan fingerprint density at radius 2 is 1.61 bits per heavy atom. The van der Waals surface area contributed by atoms with Gasteiger partial charge < -0.3 is 44.3 Å². The molecule has 0 bridgehead atoms. The summed E-state index contributed by atoms with van der Waals surface area (Å²) in [7, 11) is 0. The maximum Gasteiger partial charge on any atom is 0.409 e. The fourth-order valence-corrected chi connectivity index (χ4v) is 6.47. The summed E-state index contributed by atoms with van der Waals surface area (Å²) in [5.41, 5.74) is 0.462. The molecule has 3 heterocycles. The van der Waals surface area contributed by atoms with Gasteiger partial charge in [-0.25, -0.2) is 9.48 Å². The molecular weight excluding hydrogens is 702 g/mol. The first-order valence-corrected chi connectivity index (χ1v) is 18.8. The Hall–Kier alpha value is -5.19. The number of likely N-dealkylation sites (tertiary alicyclic amines) is 1. The average Bonchev–Trinajstić information content (AvgIpc) is 3.84. The third-order valence-corrected chi connectivity index (χ3v) is 9.63. The lowest BCUT2D eigenvalue weighted by Crippen LogP contribution is -2.56.